The topological polar surface area (TPSA) is 43.3 Å². The van der Waals surface area contributed by atoms with Crippen LogP contribution in [0, 0.1) is 0 Å². The molecule has 0 aliphatic rings. The Morgan fingerprint density at radius 1 is 1.62 bits per heavy atom. The van der Waals surface area contributed by atoms with E-state index in [1.165, 1.54) is 0 Å². The molecular weight excluding hydrogens is 230 g/mol. The molecule has 0 saturated carbocycles. The minimum Gasteiger partial charge on any atom is -0.322 e. The van der Waals surface area contributed by atoms with Gasteiger partial charge in [0.2, 0.25) is 0 Å². The molecule has 2 rings (SSSR count). The van der Waals surface area contributed by atoms with Crippen molar-refractivity contribution in [3.05, 3.63) is 34.8 Å². The number of pyridine rings is 1. The molecule has 0 amide bonds. The molecule has 3 nitrogen and oxygen atoms in total. The van der Waals surface area contributed by atoms with Crippen LogP contribution < -0.4 is 5.73 Å². The van der Waals surface area contributed by atoms with Crippen molar-refractivity contribution in [1.29, 1.82) is 0 Å². The molecule has 0 fully saturated rings. The quantitative estimate of drug-likeness (QED) is 0.829. The van der Waals surface area contributed by atoms with Crippen LogP contribution in [0.5, 0.6) is 0 Å². The van der Waals surface area contributed by atoms with Crippen molar-refractivity contribution in [2.75, 3.05) is 0 Å². The Hall–Kier alpha value is -0.870. The molecule has 0 aliphatic carbocycles. The molecule has 4 heteroatoms. The summed E-state index contributed by atoms with van der Waals surface area (Å²) in [6.07, 6.45) is 3.79. The van der Waals surface area contributed by atoms with E-state index in [-0.39, 0.29) is 6.04 Å². The first kappa shape index (κ1) is 8.72. The monoisotopic (exact) mass is 239 g/mol. The van der Waals surface area contributed by atoms with Gasteiger partial charge in [-0.15, -0.1) is 0 Å². The average molecular weight is 240 g/mol. The lowest BCUT2D eigenvalue weighted by Gasteiger charge is -2.03. The van der Waals surface area contributed by atoms with Gasteiger partial charge in [-0.25, -0.2) is 4.98 Å². The lowest BCUT2D eigenvalue weighted by molar-refractivity contribution is 0.735. The number of halogens is 1. The van der Waals surface area contributed by atoms with Gasteiger partial charge in [-0.1, -0.05) is 15.9 Å². The van der Waals surface area contributed by atoms with E-state index in [9.17, 15) is 0 Å². The number of imidazole rings is 1. The number of aromatic nitrogens is 2. The normalized spacial score (nSPS) is 13.5. The third-order valence-corrected chi connectivity index (χ3v) is 2.42. The highest BCUT2D eigenvalue weighted by atomic mass is 79.9. The van der Waals surface area contributed by atoms with Gasteiger partial charge in [0.1, 0.15) is 5.82 Å². The summed E-state index contributed by atoms with van der Waals surface area (Å²) in [5, 5.41) is 0. The lowest BCUT2D eigenvalue weighted by atomic mass is 10.3. The van der Waals surface area contributed by atoms with Crippen molar-refractivity contribution in [2.45, 2.75) is 13.0 Å². The Bertz CT molecular complexity index is 433. The average Bonchev–Trinajstić information content (AvgIpc) is 2.46. The second kappa shape index (κ2) is 3.12. The van der Waals surface area contributed by atoms with Gasteiger partial charge in [-0.05, 0) is 19.1 Å². The van der Waals surface area contributed by atoms with Gasteiger partial charge in [0.15, 0.2) is 0 Å². The Balaban J connectivity index is 2.69. The number of rotatable bonds is 1. The lowest BCUT2D eigenvalue weighted by Crippen LogP contribution is -2.09. The second-order valence-corrected chi connectivity index (χ2v) is 3.96. The fourth-order valence-electron chi connectivity index (χ4n) is 1.33. The van der Waals surface area contributed by atoms with E-state index in [1.807, 2.05) is 35.9 Å². The van der Waals surface area contributed by atoms with Gasteiger partial charge < -0.3 is 10.1 Å². The van der Waals surface area contributed by atoms with Crippen LogP contribution in [0.4, 0.5) is 0 Å². The van der Waals surface area contributed by atoms with Crippen LogP contribution in [-0.2, 0) is 0 Å². The first-order valence-electron chi connectivity index (χ1n) is 4.06. The summed E-state index contributed by atoms with van der Waals surface area (Å²) in [6.45, 7) is 1.93. The Morgan fingerprint density at radius 3 is 3.08 bits per heavy atom. The first-order valence-corrected chi connectivity index (χ1v) is 4.86. The van der Waals surface area contributed by atoms with E-state index in [1.54, 1.807) is 0 Å². The van der Waals surface area contributed by atoms with Crippen molar-refractivity contribution in [3.63, 3.8) is 0 Å². The van der Waals surface area contributed by atoms with E-state index in [0.717, 1.165) is 15.8 Å². The second-order valence-electron chi connectivity index (χ2n) is 3.04. The molecule has 0 radical (unpaired) electrons. The molecule has 2 N–H and O–H groups in total. The molecule has 2 heterocycles. The van der Waals surface area contributed by atoms with E-state index >= 15 is 0 Å². The summed E-state index contributed by atoms with van der Waals surface area (Å²) < 4.78 is 3.05. The zero-order valence-corrected chi connectivity index (χ0v) is 8.82. The highest BCUT2D eigenvalue weighted by Gasteiger charge is 2.06. The summed E-state index contributed by atoms with van der Waals surface area (Å²) in [7, 11) is 0. The molecule has 0 saturated heterocycles. The molecule has 2 aromatic heterocycles. The molecule has 0 bridgehead atoms. The van der Waals surface area contributed by atoms with Gasteiger partial charge in [0, 0.05) is 10.7 Å². The summed E-state index contributed by atoms with van der Waals surface area (Å²) in [6, 6.07) is 3.95. The van der Waals surface area contributed by atoms with Crippen molar-refractivity contribution >= 4 is 21.4 Å². The maximum atomic E-state index is 5.77. The number of nitrogens with zero attached hydrogens (tertiary/aromatic N) is 2. The van der Waals surface area contributed by atoms with Gasteiger partial charge in [0.25, 0.3) is 0 Å². The summed E-state index contributed by atoms with van der Waals surface area (Å²) >= 11 is 3.41. The number of hydrogen-bond acceptors (Lipinski definition) is 2. The van der Waals surface area contributed by atoms with Crippen molar-refractivity contribution < 1.29 is 0 Å². The SMILES string of the molecule is CC(N)c1ncc2cc(Br)ccn12. The molecule has 1 unspecified atom stereocenters. The standard InChI is InChI=1S/C9H10BrN3/c1-6(11)9-12-5-8-4-7(10)2-3-13(8)9/h2-6H,11H2,1H3. The van der Waals surface area contributed by atoms with Crippen molar-refractivity contribution in [2.24, 2.45) is 5.73 Å². The van der Waals surface area contributed by atoms with Gasteiger partial charge in [-0.3, -0.25) is 0 Å². The van der Waals surface area contributed by atoms with Crippen molar-refractivity contribution in [3.8, 4) is 0 Å². The fourth-order valence-corrected chi connectivity index (χ4v) is 1.68. The first-order chi connectivity index (χ1) is 6.18. The van der Waals surface area contributed by atoms with E-state index < -0.39 is 0 Å². The van der Waals surface area contributed by atoms with Gasteiger partial charge >= 0.3 is 0 Å². The number of hydrogen-bond donors (Lipinski definition) is 1. The molecule has 0 spiro atoms. The van der Waals surface area contributed by atoms with Crippen LogP contribution >= 0.6 is 15.9 Å². The summed E-state index contributed by atoms with van der Waals surface area (Å²) in [5.74, 6) is 0.891. The summed E-state index contributed by atoms with van der Waals surface area (Å²) in [4.78, 5) is 4.25. The fraction of sp³-hybridized carbons (Fsp3) is 0.222. The molecule has 0 aromatic carbocycles. The van der Waals surface area contributed by atoms with Crippen LogP contribution in [0.15, 0.2) is 29.0 Å². The third kappa shape index (κ3) is 1.47. The Morgan fingerprint density at radius 2 is 2.38 bits per heavy atom. The van der Waals surface area contributed by atoms with E-state index in [4.69, 9.17) is 5.73 Å². The number of nitrogens with two attached hydrogens (primary N) is 1. The maximum absolute atomic E-state index is 5.77. The van der Waals surface area contributed by atoms with Crippen LogP contribution in [0.2, 0.25) is 0 Å². The maximum Gasteiger partial charge on any atom is 0.129 e. The van der Waals surface area contributed by atoms with Crippen LogP contribution in [0.25, 0.3) is 5.52 Å². The molecular formula is C9H10BrN3. The third-order valence-electron chi connectivity index (χ3n) is 1.93. The van der Waals surface area contributed by atoms with E-state index in [0.29, 0.717) is 0 Å². The largest absolute Gasteiger partial charge is 0.322 e. The molecule has 68 valence electrons. The molecule has 13 heavy (non-hydrogen) atoms. The van der Waals surface area contributed by atoms with Crippen LogP contribution in [0.3, 0.4) is 0 Å². The molecule has 2 aromatic rings. The van der Waals surface area contributed by atoms with Gasteiger partial charge in [-0.2, -0.15) is 0 Å². The smallest absolute Gasteiger partial charge is 0.129 e. The minimum atomic E-state index is -0.0383. The van der Waals surface area contributed by atoms with E-state index in [2.05, 4.69) is 20.9 Å². The van der Waals surface area contributed by atoms with Crippen LogP contribution in [-0.4, -0.2) is 9.38 Å². The Kier molecular flexibility index (Phi) is 2.09. The summed E-state index contributed by atoms with van der Waals surface area (Å²) in [5.41, 5.74) is 6.82. The predicted octanol–water partition coefficient (Wildman–Crippen LogP) is 2.12. The highest BCUT2D eigenvalue weighted by Crippen LogP contribution is 2.16. The zero-order valence-electron chi connectivity index (χ0n) is 7.24. The van der Waals surface area contributed by atoms with Crippen LogP contribution in [0.1, 0.15) is 18.8 Å². The number of fused-ring (bicyclic) bond motifs is 1. The zero-order chi connectivity index (χ0) is 9.42. The van der Waals surface area contributed by atoms with Crippen molar-refractivity contribution in [1.82, 2.24) is 9.38 Å². The molecule has 1 atom stereocenters. The van der Waals surface area contributed by atoms with Gasteiger partial charge in [0.05, 0.1) is 17.8 Å². The molecule has 0 aliphatic heterocycles. The highest BCUT2D eigenvalue weighted by molar-refractivity contribution is 9.10. The predicted molar refractivity (Wildman–Crippen MR) is 55.5 cm³/mol. The Labute approximate surface area is 84.7 Å². The minimum absolute atomic E-state index is 0.0383.